The second-order valence-electron chi connectivity index (χ2n) is 16.4. The van der Waals surface area contributed by atoms with Gasteiger partial charge in [0.15, 0.2) is 5.78 Å². The second-order valence-corrected chi connectivity index (χ2v) is 16.4. The maximum absolute atomic E-state index is 13.9. The van der Waals surface area contributed by atoms with Crippen LogP contribution in [0, 0.1) is 50.2 Å². The number of carboxylic acid groups (broad SMARTS) is 1. The van der Waals surface area contributed by atoms with Gasteiger partial charge in [0.25, 0.3) is 0 Å². The number of carboxylic acids is 1. The van der Waals surface area contributed by atoms with Gasteiger partial charge < -0.3 is 5.11 Å². The molecule has 0 saturated heterocycles. The molecule has 1 aromatic heterocycles. The second kappa shape index (κ2) is 8.65. The first kappa shape index (κ1) is 27.9. The lowest BCUT2D eigenvalue weighted by atomic mass is 9.33. The van der Waals surface area contributed by atoms with Gasteiger partial charge in [0, 0.05) is 17.8 Å². The molecule has 6 rings (SSSR count). The van der Waals surface area contributed by atoms with Gasteiger partial charge in [0.2, 0.25) is 0 Å². The van der Waals surface area contributed by atoms with Crippen molar-refractivity contribution in [2.45, 2.75) is 106 Å². The van der Waals surface area contributed by atoms with Crippen LogP contribution in [0.15, 0.2) is 41.7 Å². The zero-order valence-electron chi connectivity index (χ0n) is 25.8. The summed E-state index contributed by atoms with van der Waals surface area (Å²) in [6.07, 6.45) is 16.7. The molecule has 0 amide bonds. The van der Waals surface area contributed by atoms with Crippen molar-refractivity contribution in [3.8, 4) is 0 Å². The molecule has 0 unspecified atom stereocenters. The Labute approximate surface area is 241 Å². The number of aromatic nitrogens is 1. The van der Waals surface area contributed by atoms with E-state index in [1.165, 1.54) is 5.57 Å². The number of fused-ring (bicyclic) bond motifs is 7. The first-order valence-electron chi connectivity index (χ1n) is 15.7. The number of Topliss-reactive ketones (excluding diaryl/α,β-unsaturated/α-hetero) is 1. The summed E-state index contributed by atoms with van der Waals surface area (Å²) in [7, 11) is 0. The number of pyridine rings is 1. The molecule has 40 heavy (non-hydrogen) atoms. The van der Waals surface area contributed by atoms with Crippen molar-refractivity contribution in [3.05, 3.63) is 47.3 Å². The standard InChI is InChI=1S/C36H49NO3/c1-31(2)14-16-36(30(39)40)17-15-34(6)25(26(36)22-31)8-9-28-33(5)21-24(20-23-11-18-37-19-12-23)29(38)32(3,4)27(33)10-13-35(28,34)7/h8,11-12,18-20,26-28H,9-10,13-17,21-22H2,1-7H3,(H,39,40)/b24-20-/t26-,27-,28+,33-,34+,35+,36-/m0/s1. The summed E-state index contributed by atoms with van der Waals surface area (Å²) in [6, 6.07) is 3.98. The van der Waals surface area contributed by atoms with E-state index in [-0.39, 0.29) is 27.6 Å². The van der Waals surface area contributed by atoms with E-state index in [1.54, 1.807) is 12.4 Å². The summed E-state index contributed by atoms with van der Waals surface area (Å²) in [5, 5.41) is 10.6. The van der Waals surface area contributed by atoms with E-state index in [4.69, 9.17) is 0 Å². The molecule has 0 radical (unpaired) electrons. The summed E-state index contributed by atoms with van der Waals surface area (Å²) in [6.45, 7) is 16.6. The minimum atomic E-state index is -0.606. The third kappa shape index (κ3) is 3.59. The zero-order valence-corrected chi connectivity index (χ0v) is 25.8. The van der Waals surface area contributed by atoms with E-state index in [0.29, 0.717) is 17.6 Å². The van der Waals surface area contributed by atoms with Crippen molar-refractivity contribution < 1.29 is 14.7 Å². The minimum Gasteiger partial charge on any atom is -0.481 e. The fraction of sp³-hybridized carbons (Fsp3) is 0.694. The van der Waals surface area contributed by atoms with Crippen molar-refractivity contribution in [1.82, 2.24) is 4.98 Å². The van der Waals surface area contributed by atoms with E-state index in [9.17, 15) is 14.7 Å². The van der Waals surface area contributed by atoms with E-state index >= 15 is 0 Å². The molecule has 4 nitrogen and oxygen atoms in total. The average Bonchev–Trinajstić information content (AvgIpc) is 2.87. The Bertz CT molecular complexity index is 1310. The van der Waals surface area contributed by atoms with Gasteiger partial charge in [-0.05, 0) is 127 Å². The molecule has 5 aliphatic rings. The van der Waals surface area contributed by atoms with Crippen LogP contribution >= 0.6 is 0 Å². The van der Waals surface area contributed by atoms with Gasteiger partial charge >= 0.3 is 5.97 Å². The topological polar surface area (TPSA) is 67.3 Å². The van der Waals surface area contributed by atoms with Gasteiger partial charge in [-0.2, -0.15) is 0 Å². The number of carbonyl (C=O) groups excluding carboxylic acids is 1. The molecular formula is C36H49NO3. The molecule has 4 heteroatoms. The third-order valence-electron chi connectivity index (χ3n) is 13.7. The molecule has 1 N–H and O–H groups in total. The first-order chi connectivity index (χ1) is 18.6. The van der Waals surface area contributed by atoms with Gasteiger partial charge in [0.05, 0.1) is 5.41 Å². The molecule has 7 atom stereocenters. The molecule has 5 aliphatic carbocycles. The smallest absolute Gasteiger partial charge is 0.310 e. The Morgan fingerprint density at radius 2 is 1.62 bits per heavy atom. The van der Waals surface area contributed by atoms with Crippen LogP contribution in [-0.2, 0) is 9.59 Å². The highest BCUT2D eigenvalue weighted by Gasteiger charge is 2.69. The quantitative estimate of drug-likeness (QED) is 0.300. The molecule has 0 aliphatic heterocycles. The molecule has 1 aromatic rings. The van der Waals surface area contributed by atoms with E-state index < -0.39 is 16.8 Å². The molecule has 0 bridgehead atoms. The summed E-state index contributed by atoms with van der Waals surface area (Å²) >= 11 is 0. The number of rotatable bonds is 2. The van der Waals surface area contributed by atoms with Crippen molar-refractivity contribution in [2.75, 3.05) is 0 Å². The number of allylic oxidation sites excluding steroid dienone is 3. The van der Waals surface area contributed by atoms with Crippen LogP contribution in [0.4, 0.5) is 0 Å². The first-order valence-corrected chi connectivity index (χ1v) is 15.7. The van der Waals surface area contributed by atoms with E-state index in [0.717, 1.165) is 68.9 Å². The average molecular weight is 544 g/mol. The molecule has 216 valence electrons. The van der Waals surface area contributed by atoms with E-state index in [2.05, 4.69) is 65.6 Å². The molecule has 4 fully saturated rings. The largest absolute Gasteiger partial charge is 0.481 e. The van der Waals surface area contributed by atoms with Crippen molar-refractivity contribution in [1.29, 1.82) is 0 Å². The number of aliphatic carboxylic acids is 1. The normalized spacial score (nSPS) is 44.5. The molecule has 0 spiro atoms. The number of ketones is 1. The lowest BCUT2D eigenvalue weighted by Crippen LogP contribution is -2.65. The SMILES string of the molecule is CC1(C)CC[C@]2(C(=O)O)CC[C@]3(C)C(=CC[C@@H]4[C@@]5(C)C/C(=C/c6ccncc6)C(=O)C(C)(C)[C@@H]5CC[C@]43C)[C@@H]2C1. The maximum atomic E-state index is 13.9. The number of hydrogen-bond donors (Lipinski definition) is 1. The highest BCUT2D eigenvalue weighted by atomic mass is 16.4. The maximum Gasteiger partial charge on any atom is 0.310 e. The summed E-state index contributed by atoms with van der Waals surface area (Å²) in [5.41, 5.74) is 2.70. The highest BCUT2D eigenvalue weighted by molar-refractivity contribution is 6.04. The zero-order chi connectivity index (χ0) is 28.9. The van der Waals surface area contributed by atoms with Crippen LogP contribution in [-0.4, -0.2) is 21.8 Å². The lowest BCUT2D eigenvalue weighted by molar-refractivity contribution is -0.184. The molecule has 1 heterocycles. The fourth-order valence-electron chi connectivity index (χ4n) is 11.3. The van der Waals surface area contributed by atoms with Crippen molar-refractivity contribution in [2.24, 2.45) is 50.2 Å². The summed E-state index contributed by atoms with van der Waals surface area (Å²) in [4.78, 5) is 31.0. The van der Waals surface area contributed by atoms with Crippen LogP contribution in [0.3, 0.4) is 0 Å². The minimum absolute atomic E-state index is 0.00147. The Kier molecular flexibility index (Phi) is 6.03. The molecule has 0 aromatic carbocycles. The van der Waals surface area contributed by atoms with Gasteiger partial charge in [-0.25, -0.2) is 0 Å². The Morgan fingerprint density at radius 1 is 0.950 bits per heavy atom. The Morgan fingerprint density at radius 3 is 2.30 bits per heavy atom. The van der Waals surface area contributed by atoms with Crippen LogP contribution in [0.1, 0.15) is 112 Å². The molecular weight excluding hydrogens is 494 g/mol. The monoisotopic (exact) mass is 543 g/mol. The predicted octanol–water partition coefficient (Wildman–Crippen LogP) is 8.53. The van der Waals surface area contributed by atoms with Crippen LogP contribution in [0.25, 0.3) is 6.08 Å². The summed E-state index contributed by atoms with van der Waals surface area (Å²) < 4.78 is 0. The van der Waals surface area contributed by atoms with Gasteiger partial charge in [0.1, 0.15) is 0 Å². The van der Waals surface area contributed by atoms with Crippen LogP contribution in [0.5, 0.6) is 0 Å². The van der Waals surface area contributed by atoms with E-state index in [1.807, 2.05) is 12.1 Å². The van der Waals surface area contributed by atoms with Crippen molar-refractivity contribution in [3.63, 3.8) is 0 Å². The predicted molar refractivity (Wildman–Crippen MR) is 159 cm³/mol. The highest BCUT2D eigenvalue weighted by Crippen LogP contribution is 2.75. The van der Waals surface area contributed by atoms with Crippen molar-refractivity contribution >= 4 is 17.8 Å². The van der Waals surface area contributed by atoms with Crippen LogP contribution < -0.4 is 0 Å². The number of carbonyl (C=O) groups is 2. The van der Waals surface area contributed by atoms with Gasteiger partial charge in [-0.3, -0.25) is 14.6 Å². The molecule has 4 saturated carbocycles. The summed E-state index contributed by atoms with van der Waals surface area (Å²) in [5.74, 6) is 0.658. The van der Waals surface area contributed by atoms with Crippen LogP contribution in [0.2, 0.25) is 0 Å². The lowest BCUT2D eigenvalue weighted by Gasteiger charge is -2.70. The Hall–Kier alpha value is -2.23. The van der Waals surface area contributed by atoms with Gasteiger partial charge in [-0.15, -0.1) is 0 Å². The third-order valence-corrected chi connectivity index (χ3v) is 13.7. The van der Waals surface area contributed by atoms with Gasteiger partial charge in [-0.1, -0.05) is 60.1 Å². The Balaban J connectivity index is 1.45. The fourth-order valence-corrected chi connectivity index (χ4v) is 11.3. The number of hydrogen-bond acceptors (Lipinski definition) is 3. The number of nitrogens with zero attached hydrogens (tertiary/aromatic N) is 1.